The van der Waals surface area contributed by atoms with Crippen LogP contribution >= 0.6 is 0 Å². The molecule has 0 atom stereocenters. The first kappa shape index (κ1) is 19.4. The highest BCUT2D eigenvalue weighted by atomic mass is 16.5. The number of rotatable bonds is 7. The number of piperazine rings is 1. The van der Waals surface area contributed by atoms with Crippen molar-refractivity contribution < 1.29 is 9.53 Å². The summed E-state index contributed by atoms with van der Waals surface area (Å²) in [5, 5.41) is 4.57. The number of hydrogen-bond donors (Lipinski definition) is 0. The van der Waals surface area contributed by atoms with Crippen LogP contribution < -0.4 is 4.74 Å². The maximum Gasteiger partial charge on any atom is 0.272 e. The van der Waals surface area contributed by atoms with E-state index >= 15 is 0 Å². The lowest BCUT2D eigenvalue weighted by molar-refractivity contribution is 0.0608. The molecule has 6 heteroatoms. The van der Waals surface area contributed by atoms with E-state index in [1.54, 1.807) is 0 Å². The van der Waals surface area contributed by atoms with Crippen molar-refractivity contribution in [1.82, 2.24) is 19.6 Å². The number of aromatic nitrogens is 2. The molecule has 146 valence electrons. The Balaban J connectivity index is 1.49. The van der Waals surface area contributed by atoms with Crippen LogP contribution in [0.2, 0.25) is 0 Å². The van der Waals surface area contributed by atoms with Crippen LogP contribution in [0.4, 0.5) is 0 Å². The molecule has 0 bridgehead atoms. The minimum Gasteiger partial charge on any atom is -0.492 e. The van der Waals surface area contributed by atoms with Crippen molar-refractivity contribution in [2.75, 3.05) is 39.3 Å². The predicted molar refractivity (Wildman–Crippen MR) is 106 cm³/mol. The third-order valence-corrected chi connectivity index (χ3v) is 4.99. The van der Waals surface area contributed by atoms with Gasteiger partial charge < -0.3 is 9.64 Å². The third kappa shape index (κ3) is 4.89. The van der Waals surface area contributed by atoms with Crippen LogP contribution in [0.3, 0.4) is 0 Å². The Morgan fingerprint density at radius 1 is 1.15 bits per heavy atom. The minimum atomic E-state index is 0.0939. The summed E-state index contributed by atoms with van der Waals surface area (Å²) in [4.78, 5) is 17.2. The first-order valence-electron chi connectivity index (χ1n) is 9.85. The largest absolute Gasteiger partial charge is 0.492 e. The van der Waals surface area contributed by atoms with Gasteiger partial charge in [0, 0.05) is 39.3 Å². The highest BCUT2D eigenvalue weighted by Gasteiger charge is 2.25. The van der Waals surface area contributed by atoms with Crippen LogP contribution in [0, 0.1) is 0 Å². The second-order valence-corrected chi connectivity index (χ2v) is 7.22. The Bertz CT molecular complexity index is 734. The lowest BCUT2D eigenvalue weighted by atomic mass is 10.1. The zero-order valence-corrected chi connectivity index (χ0v) is 16.6. The summed E-state index contributed by atoms with van der Waals surface area (Å²) in [5.41, 5.74) is 1.69. The summed E-state index contributed by atoms with van der Waals surface area (Å²) < 4.78 is 7.61. The Labute approximate surface area is 161 Å². The monoisotopic (exact) mass is 370 g/mol. The predicted octanol–water partition coefficient (Wildman–Crippen LogP) is 2.86. The topological polar surface area (TPSA) is 50.6 Å². The van der Waals surface area contributed by atoms with E-state index in [-0.39, 0.29) is 5.91 Å². The van der Waals surface area contributed by atoms with E-state index < -0.39 is 0 Å². The summed E-state index contributed by atoms with van der Waals surface area (Å²) in [6.45, 7) is 11.7. The molecule has 27 heavy (non-hydrogen) atoms. The van der Waals surface area contributed by atoms with Gasteiger partial charge in [-0.2, -0.15) is 5.10 Å². The molecule has 2 aromatic rings. The van der Waals surface area contributed by atoms with Crippen molar-refractivity contribution in [1.29, 1.82) is 0 Å². The molecule has 0 unspecified atom stereocenters. The Hall–Kier alpha value is -2.34. The van der Waals surface area contributed by atoms with Gasteiger partial charge in [0.25, 0.3) is 5.91 Å². The molecule has 1 amide bonds. The van der Waals surface area contributed by atoms with Crippen molar-refractivity contribution in [2.45, 2.75) is 33.2 Å². The summed E-state index contributed by atoms with van der Waals surface area (Å²) in [5.74, 6) is 1.32. The number of carbonyl (C=O) groups excluding carboxylic acids is 1. The van der Waals surface area contributed by atoms with E-state index in [1.807, 2.05) is 52.9 Å². The molecule has 0 spiro atoms. The molecule has 1 aromatic carbocycles. The van der Waals surface area contributed by atoms with Crippen LogP contribution in [0.15, 0.2) is 36.4 Å². The number of nitrogens with zero attached hydrogens (tertiary/aromatic N) is 4. The molecule has 1 aliphatic heterocycles. The Morgan fingerprint density at radius 3 is 2.48 bits per heavy atom. The molecule has 0 N–H and O–H groups in total. The molecule has 6 nitrogen and oxygen atoms in total. The van der Waals surface area contributed by atoms with Gasteiger partial charge in [-0.05, 0) is 31.0 Å². The molecule has 1 saturated heterocycles. The Morgan fingerprint density at radius 2 is 1.85 bits per heavy atom. The quantitative estimate of drug-likeness (QED) is 0.752. The van der Waals surface area contributed by atoms with Crippen molar-refractivity contribution in [3.8, 4) is 5.75 Å². The lowest BCUT2D eigenvalue weighted by Crippen LogP contribution is -2.49. The SMILES string of the molecule is CCn1nc(C(C)C)cc1C(=O)N1CCN(CCOc2ccccc2)CC1. The van der Waals surface area contributed by atoms with Gasteiger partial charge in [-0.1, -0.05) is 32.0 Å². The summed E-state index contributed by atoms with van der Waals surface area (Å²) in [6, 6.07) is 11.8. The molecular formula is C21H30N4O2. The highest BCUT2D eigenvalue weighted by Crippen LogP contribution is 2.17. The van der Waals surface area contributed by atoms with E-state index in [1.165, 1.54) is 0 Å². The van der Waals surface area contributed by atoms with Crippen molar-refractivity contribution in [3.63, 3.8) is 0 Å². The molecule has 3 rings (SSSR count). The minimum absolute atomic E-state index is 0.0939. The van der Waals surface area contributed by atoms with E-state index in [0.717, 1.165) is 44.2 Å². The van der Waals surface area contributed by atoms with Gasteiger partial charge in [0.15, 0.2) is 0 Å². The first-order valence-corrected chi connectivity index (χ1v) is 9.85. The molecule has 2 heterocycles. The Kier molecular flexibility index (Phi) is 6.50. The smallest absolute Gasteiger partial charge is 0.272 e. The number of amides is 1. The number of aryl methyl sites for hydroxylation is 1. The average molecular weight is 370 g/mol. The summed E-state index contributed by atoms with van der Waals surface area (Å²) in [7, 11) is 0. The number of hydrogen-bond acceptors (Lipinski definition) is 4. The van der Waals surface area contributed by atoms with Crippen LogP contribution in [0.25, 0.3) is 0 Å². The van der Waals surface area contributed by atoms with Crippen LogP contribution in [0.1, 0.15) is 42.9 Å². The summed E-state index contributed by atoms with van der Waals surface area (Å²) in [6.07, 6.45) is 0. The highest BCUT2D eigenvalue weighted by molar-refractivity contribution is 5.92. The first-order chi connectivity index (χ1) is 13.1. The van der Waals surface area contributed by atoms with Gasteiger partial charge in [-0.3, -0.25) is 14.4 Å². The normalized spacial score (nSPS) is 15.3. The fourth-order valence-corrected chi connectivity index (χ4v) is 3.28. The van der Waals surface area contributed by atoms with Gasteiger partial charge in [0.1, 0.15) is 18.1 Å². The van der Waals surface area contributed by atoms with Crippen molar-refractivity contribution in [3.05, 3.63) is 47.8 Å². The van der Waals surface area contributed by atoms with E-state index in [0.29, 0.717) is 24.8 Å². The second-order valence-electron chi connectivity index (χ2n) is 7.22. The van der Waals surface area contributed by atoms with E-state index in [4.69, 9.17) is 4.74 Å². The zero-order chi connectivity index (χ0) is 19.2. The maximum absolute atomic E-state index is 12.9. The standard InChI is InChI=1S/C21H30N4O2/c1-4-25-20(16-19(22-25)17(2)3)21(26)24-12-10-23(11-13-24)14-15-27-18-8-6-5-7-9-18/h5-9,16-17H,4,10-15H2,1-3H3. The number of benzene rings is 1. The third-order valence-electron chi connectivity index (χ3n) is 4.99. The van der Waals surface area contributed by atoms with Gasteiger partial charge in [-0.15, -0.1) is 0 Å². The molecular weight excluding hydrogens is 340 g/mol. The van der Waals surface area contributed by atoms with E-state index in [9.17, 15) is 4.79 Å². The van der Waals surface area contributed by atoms with Gasteiger partial charge in [0.05, 0.1) is 5.69 Å². The van der Waals surface area contributed by atoms with Gasteiger partial charge in [-0.25, -0.2) is 0 Å². The number of carbonyl (C=O) groups is 1. The summed E-state index contributed by atoms with van der Waals surface area (Å²) >= 11 is 0. The molecule has 1 aliphatic rings. The van der Waals surface area contributed by atoms with Gasteiger partial charge in [0.2, 0.25) is 0 Å². The van der Waals surface area contributed by atoms with Crippen molar-refractivity contribution >= 4 is 5.91 Å². The molecule has 1 fully saturated rings. The lowest BCUT2D eigenvalue weighted by Gasteiger charge is -2.34. The molecule has 0 radical (unpaired) electrons. The fourth-order valence-electron chi connectivity index (χ4n) is 3.28. The van der Waals surface area contributed by atoms with Crippen molar-refractivity contribution in [2.24, 2.45) is 0 Å². The van der Waals surface area contributed by atoms with Crippen LogP contribution in [0.5, 0.6) is 5.75 Å². The second kappa shape index (κ2) is 9.04. The number of ether oxygens (including phenoxy) is 1. The molecule has 1 aromatic heterocycles. The van der Waals surface area contributed by atoms with Crippen LogP contribution in [-0.2, 0) is 6.54 Å². The maximum atomic E-state index is 12.9. The zero-order valence-electron chi connectivity index (χ0n) is 16.6. The van der Waals surface area contributed by atoms with E-state index in [2.05, 4.69) is 23.8 Å². The number of para-hydroxylation sites is 1. The molecule has 0 saturated carbocycles. The average Bonchev–Trinajstić information content (AvgIpc) is 3.14. The van der Waals surface area contributed by atoms with Crippen LogP contribution in [-0.4, -0.2) is 64.8 Å². The molecule has 0 aliphatic carbocycles. The van der Waals surface area contributed by atoms with Gasteiger partial charge >= 0.3 is 0 Å². The fraction of sp³-hybridized carbons (Fsp3) is 0.524.